The lowest BCUT2D eigenvalue weighted by Gasteiger charge is -2.19. The van der Waals surface area contributed by atoms with E-state index >= 15 is 0 Å². The molecule has 1 heterocycles. The molecule has 2 N–H and O–H groups in total. The summed E-state index contributed by atoms with van der Waals surface area (Å²) in [7, 11) is -3.59. The molecule has 1 amide bonds. The van der Waals surface area contributed by atoms with Crippen LogP contribution in [0.15, 0.2) is 35.4 Å². The Balaban J connectivity index is 1.85. The zero-order valence-electron chi connectivity index (χ0n) is 15.3. The van der Waals surface area contributed by atoms with Gasteiger partial charge >= 0.3 is 6.09 Å². The van der Waals surface area contributed by atoms with Gasteiger partial charge in [-0.2, -0.15) is 0 Å². The fourth-order valence-corrected chi connectivity index (χ4v) is 3.94. The highest BCUT2D eigenvalue weighted by molar-refractivity contribution is 7.89. The summed E-state index contributed by atoms with van der Waals surface area (Å²) < 4.78 is 33.0. The summed E-state index contributed by atoms with van der Waals surface area (Å²) in [4.78, 5) is 16.2. The first-order valence-corrected chi connectivity index (χ1v) is 9.88. The van der Waals surface area contributed by atoms with Crippen molar-refractivity contribution in [3.63, 3.8) is 0 Å². The first-order chi connectivity index (χ1) is 12.0. The van der Waals surface area contributed by atoms with Crippen LogP contribution in [-0.4, -0.2) is 30.6 Å². The highest BCUT2D eigenvalue weighted by atomic mass is 32.2. The number of aromatic nitrogens is 1. The van der Waals surface area contributed by atoms with Gasteiger partial charge in [-0.25, -0.2) is 22.9 Å². The van der Waals surface area contributed by atoms with Crippen LogP contribution < -0.4 is 10.0 Å². The number of pyridine rings is 1. The molecule has 140 valence electrons. The SMILES string of the molecule is CC1(NS(=O)(=O)c2ccc3cnc(NC(=O)OC(C)(C)C)cc3c2)CC1. The molecular formula is C18H23N3O4S. The second-order valence-corrected chi connectivity index (χ2v) is 9.55. The van der Waals surface area contributed by atoms with Crippen LogP contribution in [0.5, 0.6) is 0 Å². The van der Waals surface area contributed by atoms with Gasteiger partial charge in [0.1, 0.15) is 11.4 Å². The van der Waals surface area contributed by atoms with Crippen LogP contribution in [-0.2, 0) is 14.8 Å². The predicted octanol–water partition coefficient (Wildman–Crippen LogP) is 3.41. The Bertz CT molecular complexity index is 960. The number of nitrogens with zero attached hydrogens (tertiary/aromatic N) is 1. The van der Waals surface area contributed by atoms with E-state index in [0.717, 1.165) is 18.2 Å². The third-order valence-electron chi connectivity index (χ3n) is 4.01. The number of fused-ring (bicyclic) bond motifs is 1. The highest BCUT2D eigenvalue weighted by Gasteiger charge is 2.41. The van der Waals surface area contributed by atoms with Gasteiger partial charge in [-0.05, 0) is 64.1 Å². The fourth-order valence-electron chi connectivity index (χ4n) is 2.44. The lowest BCUT2D eigenvalue weighted by atomic mass is 10.2. The maximum Gasteiger partial charge on any atom is 0.413 e. The summed E-state index contributed by atoms with van der Waals surface area (Å²) in [6, 6.07) is 6.45. The van der Waals surface area contributed by atoms with Gasteiger partial charge in [-0.1, -0.05) is 6.07 Å². The van der Waals surface area contributed by atoms with Crippen LogP contribution in [0.1, 0.15) is 40.5 Å². The van der Waals surface area contributed by atoms with E-state index in [1.165, 1.54) is 0 Å². The topological polar surface area (TPSA) is 97.4 Å². The van der Waals surface area contributed by atoms with Crippen molar-refractivity contribution in [2.24, 2.45) is 0 Å². The number of benzene rings is 1. The van der Waals surface area contributed by atoms with Crippen molar-refractivity contribution >= 4 is 32.7 Å². The average molecular weight is 377 g/mol. The Kier molecular flexibility index (Phi) is 4.44. The predicted molar refractivity (Wildman–Crippen MR) is 99.6 cm³/mol. The molecule has 2 aromatic rings. The van der Waals surface area contributed by atoms with Crippen molar-refractivity contribution in [1.29, 1.82) is 0 Å². The molecule has 1 aromatic heterocycles. The van der Waals surface area contributed by atoms with Crippen LogP contribution in [0.3, 0.4) is 0 Å². The van der Waals surface area contributed by atoms with Crippen molar-refractivity contribution in [1.82, 2.24) is 9.71 Å². The summed E-state index contributed by atoms with van der Waals surface area (Å²) in [5.41, 5.74) is -0.956. The Hall–Kier alpha value is -2.19. The molecule has 1 fully saturated rings. The Morgan fingerprint density at radius 3 is 2.50 bits per heavy atom. The second-order valence-electron chi connectivity index (χ2n) is 7.87. The van der Waals surface area contributed by atoms with Gasteiger partial charge in [-0.3, -0.25) is 5.32 Å². The monoisotopic (exact) mass is 377 g/mol. The molecular weight excluding hydrogens is 354 g/mol. The van der Waals surface area contributed by atoms with E-state index in [1.807, 2.05) is 6.92 Å². The molecule has 3 rings (SSSR count). The molecule has 0 spiro atoms. The first-order valence-electron chi connectivity index (χ1n) is 8.40. The van der Waals surface area contributed by atoms with E-state index in [-0.39, 0.29) is 10.4 Å². The first kappa shape index (κ1) is 18.6. The van der Waals surface area contributed by atoms with Gasteiger partial charge in [-0.15, -0.1) is 0 Å². The summed E-state index contributed by atoms with van der Waals surface area (Å²) in [5.74, 6) is 0.295. The average Bonchev–Trinajstić information content (AvgIpc) is 3.20. The molecule has 0 aliphatic heterocycles. The number of sulfonamides is 1. The number of anilines is 1. The number of carbonyl (C=O) groups is 1. The third-order valence-corrected chi connectivity index (χ3v) is 5.65. The second kappa shape index (κ2) is 6.21. The molecule has 26 heavy (non-hydrogen) atoms. The summed E-state index contributed by atoms with van der Waals surface area (Å²) in [5, 5.41) is 4.00. The Morgan fingerprint density at radius 1 is 1.19 bits per heavy atom. The van der Waals surface area contributed by atoms with Gasteiger partial charge in [0.2, 0.25) is 10.0 Å². The molecule has 0 unspecified atom stereocenters. The normalized spacial score (nSPS) is 16.3. The number of hydrogen-bond acceptors (Lipinski definition) is 5. The highest BCUT2D eigenvalue weighted by Crippen LogP contribution is 2.36. The Morgan fingerprint density at radius 2 is 1.88 bits per heavy atom. The number of carbonyl (C=O) groups excluding carboxylic acids is 1. The van der Waals surface area contributed by atoms with E-state index in [4.69, 9.17) is 4.74 Å². The number of ether oxygens (including phenoxy) is 1. The zero-order valence-corrected chi connectivity index (χ0v) is 16.1. The molecule has 1 aromatic carbocycles. The van der Waals surface area contributed by atoms with Crippen molar-refractivity contribution in [2.45, 2.75) is 56.6 Å². The molecule has 1 aliphatic carbocycles. The molecule has 0 saturated heterocycles. The number of hydrogen-bond donors (Lipinski definition) is 2. The molecule has 0 atom stereocenters. The third kappa shape index (κ3) is 4.50. The maximum atomic E-state index is 12.5. The summed E-state index contributed by atoms with van der Waals surface area (Å²) in [6.45, 7) is 7.19. The minimum absolute atomic E-state index is 0.188. The number of amides is 1. The zero-order chi connectivity index (χ0) is 19.2. The summed E-state index contributed by atoms with van der Waals surface area (Å²) >= 11 is 0. The molecule has 1 saturated carbocycles. The van der Waals surface area contributed by atoms with Crippen molar-refractivity contribution in [3.8, 4) is 0 Å². The van der Waals surface area contributed by atoms with Crippen LogP contribution in [0.2, 0.25) is 0 Å². The van der Waals surface area contributed by atoms with E-state index in [0.29, 0.717) is 11.2 Å². The van der Waals surface area contributed by atoms with Gasteiger partial charge in [0.15, 0.2) is 0 Å². The van der Waals surface area contributed by atoms with Gasteiger partial charge in [0.05, 0.1) is 4.90 Å². The molecule has 1 aliphatic rings. The molecule has 0 radical (unpaired) electrons. The standard InChI is InChI=1S/C18H23N3O4S/c1-17(2,3)25-16(22)20-15-10-13-9-14(6-5-12(13)11-19-15)26(23,24)21-18(4)7-8-18/h5-6,9-11,21H,7-8H2,1-4H3,(H,19,20,22). The van der Waals surface area contributed by atoms with E-state index in [2.05, 4.69) is 15.0 Å². The van der Waals surface area contributed by atoms with Crippen LogP contribution >= 0.6 is 0 Å². The minimum Gasteiger partial charge on any atom is -0.444 e. The fraction of sp³-hybridized carbons (Fsp3) is 0.444. The van der Waals surface area contributed by atoms with Crippen LogP contribution in [0, 0.1) is 0 Å². The van der Waals surface area contributed by atoms with Crippen molar-refractivity contribution in [2.75, 3.05) is 5.32 Å². The van der Waals surface area contributed by atoms with Crippen molar-refractivity contribution in [3.05, 3.63) is 30.5 Å². The molecule has 7 nitrogen and oxygen atoms in total. The number of nitrogens with one attached hydrogen (secondary N) is 2. The van der Waals surface area contributed by atoms with Crippen molar-refractivity contribution < 1.29 is 17.9 Å². The van der Waals surface area contributed by atoms with Gasteiger partial charge in [0.25, 0.3) is 0 Å². The smallest absolute Gasteiger partial charge is 0.413 e. The van der Waals surface area contributed by atoms with E-state index in [1.54, 1.807) is 51.2 Å². The number of rotatable bonds is 4. The van der Waals surface area contributed by atoms with Gasteiger partial charge in [0, 0.05) is 17.1 Å². The lowest BCUT2D eigenvalue weighted by Crippen LogP contribution is -2.34. The quantitative estimate of drug-likeness (QED) is 0.851. The van der Waals surface area contributed by atoms with Crippen LogP contribution in [0.4, 0.5) is 10.6 Å². The van der Waals surface area contributed by atoms with Crippen LogP contribution in [0.25, 0.3) is 10.8 Å². The summed E-state index contributed by atoms with van der Waals surface area (Å²) in [6.07, 6.45) is 2.64. The molecule has 8 heteroatoms. The lowest BCUT2D eigenvalue weighted by molar-refractivity contribution is 0.0635. The van der Waals surface area contributed by atoms with E-state index in [9.17, 15) is 13.2 Å². The minimum atomic E-state index is -3.59. The largest absolute Gasteiger partial charge is 0.444 e. The maximum absolute atomic E-state index is 12.5. The molecule has 0 bridgehead atoms. The Labute approximate surface area is 153 Å². The van der Waals surface area contributed by atoms with Gasteiger partial charge < -0.3 is 4.74 Å². The van der Waals surface area contributed by atoms with E-state index < -0.39 is 21.7 Å².